The number of rotatable bonds is 2. The highest BCUT2D eigenvalue weighted by Gasteiger charge is 2.35. The molecular weight excluding hydrogens is 450 g/mol. The Morgan fingerprint density at radius 3 is 2.33 bits per heavy atom. The molecule has 2 atom stereocenters. The normalized spacial score (nSPS) is 19.6. The molecule has 2 aromatic carbocycles. The molecular formula is C26H23N3O2S2. The van der Waals surface area contributed by atoms with Crippen molar-refractivity contribution in [2.24, 2.45) is 5.92 Å². The lowest BCUT2D eigenvalue weighted by Crippen LogP contribution is -2.48. The van der Waals surface area contributed by atoms with Crippen molar-refractivity contribution in [3.8, 4) is 0 Å². The molecule has 6 rings (SSSR count). The van der Waals surface area contributed by atoms with Gasteiger partial charge in [0, 0.05) is 48.1 Å². The maximum atomic E-state index is 13.3. The molecule has 33 heavy (non-hydrogen) atoms. The molecule has 0 radical (unpaired) electrons. The summed E-state index contributed by atoms with van der Waals surface area (Å²) in [7, 11) is 0. The standard InChI is InChI=1S/C26H23N3O2S2/c30-24-11-5-10-21-18-12-17(14-28(21)24)13-27(15-18)26(32)33-16-25(31)29-22-8-3-1-6-19(22)20-7-2-4-9-23(20)29/h1-11,17-18H,12-16H2. The Morgan fingerprint density at radius 2 is 1.61 bits per heavy atom. The van der Waals surface area contributed by atoms with Crippen molar-refractivity contribution in [2.45, 2.75) is 18.9 Å². The van der Waals surface area contributed by atoms with Crippen LogP contribution in [0.5, 0.6) is 0 Å². The number of nitrogens with zero attached hydrogens (tertiary/aromatic N) is 3. The van der Waals surface area contributed by atoms with Crippen LogP contribution in [0.15, 0.2) is 71.5 Å². The number of carbonyl (C=O) groups excluding carboxylic acids is 1. The third-order valence-corrected chi connectivity index (χ3v) is 8.39. The summed E-state index contributed by atoms with van der Waals surface area (Å²) < 4.78 is 4.53. The summed E-state index contributed by atoms with van der Waals surface area (Å²) in [6, 6.07) is 21.6. The van der Waals surface area contributed by atoms with Gasteiger partial charge in [0.2, 0.25) is 5.91 Å². The molecule has 4 aromatic rings. The van der Waals surface area contributed by atoms with E-state index in [4.69, 9.17) is 12.2 Å². The van der Waals surface area contributed by atoms with E-state index in [0.717, 1.165) is 57.9 Å². The van der Waals surface area contributed by atoms with Gasteiger partial charge in [-0.1, -0.05) is 66.4 Å². The van der Waals surface area contributed by atoms with E-state index in [1.165, 1.54) is 11.8 Å². The summed E-state index contributed by atoms with van der Waals surface area (Å²) >= 11 is 7.22. The minimum absolute atomic E-state index is 0.0360. The molecule has 0 amide bonds. The van der Waals surface area contributed by atoms with E-state index in [2.05, 4.69) is 23.1 Å². The van der Waals surface area contributed by atoms with Crippen LogP contribution in [0.25, 0.3) is 21.8 Å². The zero-order valence-electron chi connectivity index (χ0n) is 18.0. The molecule has 2 aliphatic rings. The van der Waals surface area contributed by atoms with Gasteiger partial charge in [-0.05, 0) is 30.5 Å². The predicted molar refractivity (Wildman–Crippen MR) is 138 cm³/mol. The first-order valence-electron chi connectivity index (χ1n) is 11.2. The van der Waals surface area contributed by atoms with Crippen molar-refractivity contribution in [3.05, 3.63) is 82.8 Å². The summed E-state index contributed by atoms with van der Waals surface area (Å²) in [6.07, 6.45) is 1.09. The fourth-order valence-corrected chi connectivity index (χ4v) is 6.55. The number of thiocarbonyl (C=S) groups is 1. The van der Waals surface area contributed by atoms with Gasteiger partial charge in [-0.15, -0.1) is 0 Å². The Morgan fingerprint density at radius 1 is 0.909 bits per heavy atom. The Labute approximate surface area is 201 Å². The minimum atomic E-state index is 0.0360. The second-order valence-corrected chi connectivity index (χ2v) is 10.5. The lowest BCUT2D eigenvalue weighted by Gasteiger charge is -2.43. The van der Waals surface area contributed by atoms with E-state index in [1.54, 1.807) is 6.07 Å². The summed E-state index contributed by atoms with van der Waals surface area (Å²) in [4.78, 5) is 27.8. The van der Waals surface area contributed by atoms with Gasteiger partial charge >= 0.3 is 0 Å². The molecule has 2 bridgehead atoms. The molecule has 0 spiro atoms. The Hall–Kier alpha value is -2.90. The van der Waals surface area contributed by atoms with Crippen molar-refractivity contribution < 1.29 is 4.79 Å². The minimum Gasteiger partial charge on any atom is -0.356 e. The first-order valence-corrected chi connectivity index (χ1v) is 12.6. The molecule has 2 aromatic heterocycles. The number of carbonyl (C=O) groups is 1. The monoisotopic (exact) mass is 473 g/mol. The lowest BCUT2D eigenvalue weighted by atomic mass is 9.83. The van der Waals surface area contributed by atoms with Crippen LogP contribution in [0, 0.1) is 5.92 Å². The average molecular weight is 474 g/mol. The molecule has 166 valence electrons. The van der Waals surface area contributed by atoms with Crippen molar-refractivity contribution in [3.63, 3.8) is 0 Å². The number of benzene rings is 2. The first-order chi connectivity index (χ1) is 16.1. The predicted octanol–water partition coefficient (Wildman–Crippen LogP) is 4.73. The number of fused-ring (bicyclic) bond motifs is 7. The topological polar surface area (TPSA) is 47.2 Å². The third-order valence-electron chi connectivity index (χ3n) is 6.89. The van der Waals surface area contributed by atoms with Gasteiger partial charge < -0.3 is 9.47 Å². The molecule has 0 aliphatic carbocycles. The summed E-state index contributed by atoms with van der Waals surface area (Å²) in [5, 5.41) is 2.18. The zero-order valence-corrected chi connectivity index (χ0v) is 19.6. The zero-order chi connectivity index (χ0) is 22.5. The molecule has 0 saturated carbocycles. The van der Waals surface area contributed by atoms with E-state index < -0.39 is 0 Å². The van der Waals surface area contributed by atoms with Crippen LogP contribution in [-0.2, 0) is 6.54 Å². The molecule has 7 heteroatoms. The molecule has 0 N–H and O–H groups in total. The van der Waals surface area contributed by atoms with E-state index in [-0.39, 0.29) is 11.5 Å². The highest BCUT2D eigenvalue weighted by molar-refractivity contribution is 8.23. The quantitative estimate of drug-likeness (QED) is 0.394. The van der Waals surface area contributed by atoms with Crippen LogP contribution in [0.4, 0.5) is 0 Å². The number of hydrogen-bond donors (Lipinski definition) is 0. The van der Waals surface area contributed by atoms with Crippen LogP contribution in [0.3, 0.4) is 0 Å². The average Bonchev–Trinajstić information content (AvgIpc) is 3.17. The van der Waals surface area contributed by atoms with Crippen molar-refractivity contribution in [1.82, 2.24) is 14.0 Å². The van der Waals surface area contributed by atoms with Gasteiger partial charge in [0.25, 0.3) is 5.56 Å². The number of piperidine rings is 1. The van der Waals surface area contributed by atoms with Crippen LogP contribution in [0.1, 0.15) is 22.8 Å². The van der Waals surface area contributed by atoms with Crippen LogP contribution < -0.4 is 5.56 Å². The molecule has 2 unspecified atom stereocenters. The molecule has 1 fully saturated rings. The van der Waals surface area contributed by atoms with Crippen molar-refractivity contribution >= 4 is 56.0 Å². The molecule has 1 saturated heterocycles. The highest BCUT2D eigenvalue weighted by atomic mass is 32.2. The SMILES string of the molecule is O=C(CSC(=S)N1CC2CC(C1)c1cccc(=O)n1C2)n1c2ccccc2c2ccccc21. The highest BCUT2D eigenvalue weighted by Crippen LogP contribution is 2.36. The van der Waals surface area contributed by atoms with E-state index in [1.807, 2.05) is 51.6 Å². The van der Waals surface area contributed by atoms with Gasteiger partial charge in [-0.3, -0.25) is 14.2 Å². The largest absolute Gasteiger partial charge is 0.356 e. The van der Waals surface area contributed by atoms with Gasteiger partial charge in [0.15, 0.2) is 0 Å². The van der Waals surface area contributed by atoms with Gasteiger partial charge in [-0.25, -0.2) is 0 Å². The maximum Gasteiger partial charge on any atom is 0.250 e. The summed E-state index contributed by atoms with van der Waals surface area (Å²) in [5.41, 5.74) is 3.07. The van der Waals surface area contributed by atoms with Gasteiger partial charge in [0.1, 0.15) is 4.32 Å². The van der Waals surface area contributed by atoms with Crippen LogP contribution in [-0.4, -0.2) is 43.1 Å². The molecule has 2 aliphatic heterocycles. The molecule has 4 heterocycles. The number of pyridine rings is 1. The summed E-state index contributed by atoms with van der Waals surface area (Å²) in [5.74, 6) is 1.04. The Balaban J connectivity index is 1.21. The molecule has 5 nitrogen and oxygen atoms in total. The van der Waals surface area contributed by atoms with Crippen LogP contribution in [0.2, 0.25) is 0 Å². The Kier molecular flexibility index (Phi) is 5.11. The number of aromatic nitrogens is 2. The van der Waals surface area contributed by atoms with Gasteiger partial charge in [0.05, 0.1) is 16.8 Å². The van der Waals surface area contributed by atoms with E-state index >= 15 is 0 Å². The number of hydrogen-bond acceptors (Lipinski definition) is 4. The fraction of sp³-hybridized carbons (Fsp3) is 0.269. The van der Waals surface area contributed by atoms with Gasteiger partial charge in [-0.2, -0.15) is 0 Å². The number of para-hydroxylation sites is 2. The van der Waals surface area contributed by atoms with E-state index in [0.29, 0.717) is 17.6 Å². The smallest absolute Gasteiger partial charge is 0.250 e. The third kappa shape index (κ3) is 3.50. The number of likely N-dealkylation sites (tertiary alicyclic amines) is 1. The fourth-order valence-electron chi connectivity index (χ4n) is 5.52. The van der Waals surface area contributed by atoms with Crippen molar-refractivity contribution in [2.75, 3.05) is 18.8 Å². The number of thioether (sulfide) groups is 1. The van der Waals surface area contributed by atoms with Crippen molar-refractivity contribution in [1.29, 1.82) is 0 Å². The lowest BCUT2D eigenvalue weighted by molar-refractivity contribution is 0.0951. The maximum absolute atomic E-state index is 13.3. The summed E-state index contributed by atoms with van der Waals surface area (Å²) in [6.45, 7) is 2.39. The second kappa shape index (κ2) is 8.15. The van der Waals surface area contributed by atoms with Crippen LogP contribution >= 0.6 is 24.0 Å². The first kappa shape index (κ1) is 20.7. The van der Waals surface area contributed by atoms with E-state index in [9.17, 15) is 9.59 Å². The second-order valence-electron chi connectivity index (χ2n) is 8.92. The Bertz CT molecular complexity index is 1420.